The first kappa shape index (κ1) is 18.8. The molecule has 130 valence electrons. The van der Waals surface area contributed by atoms with Crippen LogP contribution in [0.2, 0.25) is 5.02 Å². The van der Waals surface area contributed by atoms with Gasteiger partial charge in [0.1, 0.15) is 10.6 Å². The molecule has 0 saturated carbocycles. The Labute approximate surface area is 147 Å². The summed E-state index contributed by atoms with van der Waals surface area (Å²) in [6, 6.07) is 9.55. The average Bonchev–Trinajstić information content (AvgIpc) is 2.56. The molecule has 0 radical (unpaired) electrons. The predicted molar refractivity (Wildman–Crippen MR) is 92.8 cm³/mol. The molecule has 2 aromatic carbocycles. The van der Waals surface area contributed by atoms with Crippen LogP contribution in [0.3, 0.4) is 0 Å². The van der Waals surface area contributed by atoms with Gasteiger partial charge in [-0.2, -0.15) is 8.42 Å². The van der Waals surface area contributed by atoms with Gasteiger partial charge >= 0.3 is 10.1 Å². The summed E-state index contributed by atoms with van der Waals surface area (Å²) in [7, 11) is -7.44. The Bertz CT molecular complexity index is 933. The second kappa shape index (κ2) is 7.13. The van der Waals surface area contributed by atoms with Crippen molar-refractivity contribution in [3.8, 4) is 5.75 Å². The fourth-order valence-electron chi connectivity index (χ4n) is 2.03. The van der Waals surface area contributed by atoms with Crippen molar-refractivity contribution in [2.24, 2.45) is 0 Å². The van der Waals surface area contributed by atoms with Crippen molar-refractivity contribution in [1.29, 1.82) is 0 Å². The van der Waals surface area contributed by atoms with Crippen molar-refractivity contribution in [2.45, 2.75) is 30.1 Å². The minimum Gasteiger partial charge on any atom is -0.379 e. The largest absolute Gasteiger partial charge is 0.379 e. The van der Waals surface area contributed by atoms with Crippen LogP contribution in [0.15, 0.2) is 52.3 Å². The highest BCUT2D eigenvalue weighted by Crippen LogP contribution is 2.25. The lowest BCUT2D eigenvalue weighted by Gasteiger charge is -2.09. The molecule has 0 bridgehead atoms. The molecule has 0 unspecified atom stereocenters. The van der Waals surface area contributed by atoms with Gasteiger partial charge in [-0.05, 0) is 54.4 Å². The van der Waals surface area contributed by atoms with E-state index in [0.29, 0.717) is 11.4 Å². The lowest BCUT2D eigenvalue weighted by atomic mass is 10.2. The Morgan fingerprint density at radius 2 is 1.50 bits per heavy atom. The standard InChI is InChI=1S/C16H17ClO5S2/c1-3-12-11-13(5-10-16(12)17)22-24(20,21)15-8-6-14(7-9-15)23(18,19)4-2/h5-11H,3-4H2,1-2H3. The quantitative estimate of drug-likeness (QED) is 0.708. The van der Waals surface area contributed by atoms with Crippen LogP contribution >= 0.6 is 11.6 Å². The van der Waals surface area contributed by atoms with Gasteiger partial charge < -0.3 is 4.18 Å². The molecule has 0 spiro atoms. The first-order valence-electron chi connectivity index (χ1n) is 7.25. The molecule has 0 fully saturated rings. The van der Waals surface area contributed by atoms with Crippen molar-refractivity contribution in [3.05, 3.63) is 53.1 Å². The lowest BCUT2D eigenvalue weighted by molar-refractivity contribution is 0.485. The molecule has 0 aromatic heterocycles. The van der Waals surface area contributed by atoms with Crippen molar-refractivity contribution < 1.29 is 21.0 Å². The van der Waals surface area contributed by atoms with Crippen LogP contribution in [0.4, 0.5) is 0 Å². The maximum absolute atomic E-state index is 12.3. The zero-order valence-electron chi connectivity index (χ0n) is 13.2. The highest BCUT2D eigenvalue weighted by atomic mass is 35.5. The van der Waals surface area contributed by atoms with E-state index in [9.17, 15) is 16.8 Å². The van der Waals surface area contributed by atoms with Gasteiger partial charge in [0.05, 0.1) is 10.6 Å². The van der Waals surface area contributed by atoms with Crippen LogP contribution in [0, 0.1) is 0 Å². The first-order chi connectivity index (χ1) is 11.2. The van der Waals surface area contributed by atoms with Gasteiger partial charge in [-0.1, -0.05) is 25.4 Å². The van der Waals surface area contributed by atoms with Gasteiger partial charge in [0.15, 0.2) is 9.84 Å². The van der Waals surface area contributed by atoms with Gasteiger partial charge in [0.25, 0.3) is 0 Å². The van der Waals surface area contributed by atoms with E-state index in [-0.39, 0.29) is 21.3 Å². The minimum atomic E-state index is -4.06. The SMILES string of the molecule is CCc1cc(OS(=O)(=O)c2ccc(S(=O)(=O)CC)cc2)ccc1Cl. The van der Waals surface area contributed by atoms with Gasteiger partial charge in [0, 0.05) is 5.02 Å². The molecule has 0 aliphatic rings. The van der Waals surface area contributed by atoms with E-state index < -0.39 is 20.0 Å². The number of benzene rings is 2. The smallest absolute Gasteiger partial charge is 0.339 e. The monoisotopic (exact) mass is 388 g/mol. The maximum Gasteiger partial charge on any atom is 0.339 e. The Hall–Kier alpha value is -1.57. The highest BCUT2D eigenvalue weighted by Gasteiger charge is 2.19. The molecule has 2 aromatic rings. The molecule has 0 heterocycles. The van der Waals surface area contributed by atoms with Crippen molar-refractivity contribution in [2.75, 3.05) is 5.75 Å². The number of hydrogen-bond donors (Lipinski definition) is 0. The third-order valence-corrected chi connectivity index (χ3v) is 6.84. The Morgan fingerprint density at radius 3 is 2.04 bits per heavy atom. The summed E-state index contributed by atoms with van der Waals surface area (Å²) in [5.74, 6) is 0.0988. The molecule has 24 heavy (non-hydrogen) atoms. The van der Waals surface area contributed by atoms with Crippen LogP contribution in [-0.4, -0.2) is 22.6 Å². The molecule has 0 atom stereocenters. The van der Waals surface area contributed by atoms with Crippen LogP contribution in [0.1, 0.15) is 19.4 Å². The second-order valence-corrected chi connectivity index (χ2v) is 9.25. The summed E-state index contributed by atoms with van der Waals surface area (Å²) >= 11 is 6.00. The van der Waals surface area contributed by atoms with Crippen LogP contribution in [0.25, 0.3) is 0 Å². The number of sulfone groups is 1. The van der Waals surface area contributed by atoms with E-state index in [1.807, 2.05) is 6.92 Å². The highest BCUT2D eigenvalue weighted by molar-refractivity contribution is 7.91. The molecule has 8 heteroatoms. The number of halogens is 1. The number of hydrogen-bond acceptors (Lipinski definition) is 5. The topological polar surface area (TPSA) is 77.5 Å². The fourth-order valence-corrected chi connectivity index (χ4v) is 4.09. The van der Waals surface area contributed by atoms with Gasteiger partial charge in [-0.25, -0.2) is 8.42 Å². The van der Waals surface area contributed by atoms with Gasteiger partial charge in [-0.15, -0.1) is 0 Å². The fraction of sp³-hybridized carbons (Fsp3) is 0.250. The molecule has 2 rings (SSSR count). The summed E-state index contributed by atoms with van der Waals surface area (Å²) in [5, 5.41) is 0.538. The van der Waals surface area contributed by atoms with Gasteiger partial charge in [-0.3, -0.25) is 0 Å². The Morgan fingerprint density at radius 1 is 0.917 bits per heavy atom. The molecule has 0 aliphatic carbocycles. The number of aryl methyl sites for hydroxylation is 1. The molecule has 0 saturated heterocycles. The summed E-state index contributed by atoms with van der Waals surface area (Å²) in [6.45, 7) is 3.42. The van der Waals surface area contributed by atoms with E-state index in [4.69, 9.17) is 15.8 Å². The molecule has 0 N–H and O–H groups in total. The molecular formula is C16H17ClO5S2. The van der Waals surface area contributed by atoms with Gasteiger partial charge in [0.2, 0.25) is 0 Å². The third kappa shape index (κ3) is 4.09. The minimum absolute atomic E-state index is 0.0554. The lowest BCUT2D eigenvalue weighted by Crippen LogP contribution is -2.11. The summed E-state index contributed by atoms with van der Waals surface area (Å²) in [4.78, 5) is -0.0470. The van der Waals surface area contributed by atoms with E-state index >= 15 is 0 Å². The third-order valence-electron chi connectivity index (χ3n) is 3.46. The second-order valence-electron chi connectivity index (χ2n) is 5.02. The number of rotatable bonds is 6. The maximum atomic E-state index is 12.3. The van der Waals surface area contributed by atoms with E-state index in [1.54, 1.807) is 12.1 Å². The van der Waals surface area contributed by atoms with Crippen molar-refractivity contribution >= 4 is 31.6 Å². The summed E-state index contributed by atoms with van der Waals surface area (Å²) in [5.41, 5.74) is 0.772. The van der Waals surface area contributed by atoms with Crippen molar-refractivity contribution in [1.82, 2.24) is 0 Å². The molecule has 0 aliphatic heterocycles. The molecule has 5 nitrogen and oxygen atoms in total. The van der Waals surface area contributed by atoms with E-state index in [2.05, 4.69) is 0 Å². The zero-order chi connectivity index (χ0) is 18.0. The predicted octanol–water partition coefficient (Wildman–Crippen LogP) is 3.46. The summed E-state index contributed by atoms with van der Waals surface area (Å²) < 4.78 is 53.2. The van der Waals surface area contributed by atoms with Crippen LogP contribution in [-0.2, 0) is 26.4 Å². The molecule has 0 amide bonds. The Kier molecular flexibility index (Phi) is 5.57. The average molecular weight is 389 g/mol. The summed E-state index contributed by atoms with van der Waals surface area (Å²) in [6.07, 6.45) is 0.639. The van der Waals surface area contributed by atoms with Crippen LogP contribution in [0.5, 0.6) is 5.75 Å². The van der Waals surface area contributed by atoms with E-state index in [1.165, 1.54) is 37.3 Å². The van der Waals surface area contributed by atoms with Crippen LogP contribution < -0.4 is 4.18 Å². The zero-order valence-corrected chi connectivity index (χ0v) is 15.6. The van der Waals surface area contributed by atoms with E-state index in [0.717, 1.165) is 5.56 Å². The normalized spacial score (nSPS) is 12.1. The van der Waals surface area contributed by atoms with Crippen molar-refractivity contribution in [3.63, 3.8) is 0 Å². The Balaban J connectivity index is 2.31. The first-order valence-corrected chi connectivity index (χ1v) is 10.7. The molecular weight excluding hydrogens is 372 g/mol.